The molecule has 6 heterocycles. The van der Waals surface area contributed by atoms with Crippen molar-refractivity contribution < 1.29 is 0 Å². The third-order valence-corrected chi connectivity index (χ3v) is 19.8. The summed E-state index contributed by atoms with van der Waals surface area (Å²) in [5, 5.41) is 5.18. The first kappa shape index (κ1) is 44.3. The molecule has 0 spiro atoms. The third-order valence-electron chi connectivity index (χ3n) is 17.4. The van der Waals surface area contributed by atoms with Gasteiger partial charge in [0.05, 0.1) is 5.52 Å². The number of fused-ring (bicyclic) bond motifs is 16. The molecular weight excluding hydrogens is 1040 g/mol. The van der Waals surface area contributed by atoms with E-state index in [-0.39, 0.29) is 27.9 Å². The van der Waals surface area contributed by atoms with Gasteiger partial charge in [-0.1, -0.05) is 60.7 Å². The van der Waals surface area contributed by atoms with E-state index < -0.39 is 0 Å². The van der Waals surface area contributed by atoms with Crippen molar-refractivity contribution in [2.45, 2.75) is 0 Å². The number of hydrogen-bond acceptors (Lipinski definition) is 4. The van der Waals surface area contributed by atoms with Gasteiger partial charge in [-0.3, -0.25) is 0 Å². The van der Waals surface area contributed by atoms with E-state index in [1.165, 1.54) is 114 Å². The van der Waals surface area contributed by atoms with E-state index >= 15 is 0 Å². The van der Waals surface area contributed by atoms with Gasteiger partial charge in [-0.25, -0.2) is 0 Å². The van der Waals surface area contributed by atoms with E-state index in [9.17, 15) is 0 Å². The fourth-order valence-electron chi connectivity index (χ4n) is 14.4. The topological polar surface area (TPSA) is 17.9 Å². The van der Waals surface area contributed by atoms with E-state index in [1.54, 1.807) is 0 Å². The van der Waals surface area contributed by atoms with E-state index in [2.05, 4.69) is 297 Å². The Kier molecular flexibility index (Phi) is 9.35. The quantitative estimate of drug-likeness (QED) is 0.160. The molecule has 0 unspecified atom stereocenters. The zero-order valence-electron chi connectivity index (χ0n) is 43.3. The molecule has 5 nitrogen and oxygen atoms in total. The van der Waals surface area contributed by atoms with Crippen LogP contribution in [-0.4, -0.2) is 32.5 Å². The van der Waals surface area contributed by atoms with Gasteiger partial charge < -0.3 is 0 Å². The first-order valence-electron chi connectivity index (χ1n) is 27.7. The maximum atomic E-state index is 2.66. The SMILES string of the molecule is c1ccc(N2c3ccccc3B3c4cc5c(cc4N(c4ccccc4)c4c3c2cc2[se]c3ccccc3c42)N(c2ccccc2)c2cc3c(c4c2B5c2ccccc2N4c2ccccc2)c2ccccc2n3-c2ccccc2)cc1. The number of hydrogen-bond donors (Lipinski definition) is 0. The molecule has 4 aliphatic heterocycles. The third kappa shape index (κ3) is 6.04. The van der Waals surface area contributed by atoms with Crippen molar-refractivity contribution in [1.29, 1.82) is 0 Å². The Morgan fingerprint density at radius 1 is 0.263 bits per heavy atom. The number of rotatable bonds is 5. The summed E-state index contributed by atoms with van der Waals surface area (Å²) in [5.41, 5.74) is 25.6. The van der Waals surface area contributed by atoms with Gasteiger partial charge in [0.25, 0.3) is 0 Å². The molecule has 12 aromatic carbocycles. The van der Waals surface area contributed by atoms with Crippen molar-refractivity contribution in [3.8, 4) is 5.69 Å². The standard InChI is InChI=1S/C72H45B2N5Se/c1-6-24-46(25-7-1)75-57-38-20-16-34-51(57)67-62(75)44-63-69-71(67)78(49-30-12-4-13-31-49)59-40-22-19-37-54(59)74(69)55-42-56-61(43-60(55)77(63)48-28-10-3-11-29-48)79(50-32-14-5-15-33-50)72-68-52-35-17-23-41-65(52)80-66(68)45-64-70(72)73(56)53-36-18-21-39-58(53)76(64)47-26-8-2-9-27-47/h1-45H. The van der Waals surface area contributed by atoms with Crippen LogP contribution in [0.15, 0.2) is 273 Å². The van der Waals surface area contributed by atoms with Gasteiger partial charge in [0, 0.05) is 16.8 Å². The Balaban J connectivity index is 1.02. The molecule has 0 N–H and O–H groups in total. The van der Waals surface area contributed by atoms with Gasteiger partial charge >= 0.3 is 360 Å². The molecule has 14 aromatic rings. The van der Waals surface area contributed by atoms with Crippen LogP contribution in [0.5, 0.6) is 0 Å². The average Bonchev–Trinajstić information content (AvgIpc) is 4.17. The van der Waals surface area contributed by atoms with E-state index in [4.69, 9.17) is 0 Å². The van der Waals surface area contributed by atoms with E-state index in [0.717, 1.165) is 34.0 Å². The fraction of sp³-hybridized carbons (Fsp3) is 0. The van der Waals surface area contributed by atoms with E-state index in [1.807, 2.05) is 0 Å². The molecule has 4 aliphatic rings. The Morgan fingerprint density at radius 3 is 1.29 bits per heavy atom. The van der Waals surface area contributed by atoms with Crippen LogP contribution in [-0.2, 0) is 0 Å². The molecule has 0 fully saturated rings. The van der Waals surface area contributed by atoms with Crippen molar-refractivity contribution in [2.75, 3.05) is 19.6 Å². The van der Waals surface area contributed by atoms with Crippen molar-refractivity contribution in [3.05, 3.63) is 273 Å². The van der Waals surface area contributed by atoms with Gasteiger partial charge in [0.1, 0.15) is 0 Å². The molecule has 0 bridgehead atoms. The predicted octanol–water partition coefficient (Wildman–Crippen LogP) is 14.3. The summed E-state index contributed by atoms with van der Waals surface area (Å²) >= 11 is 0.103. The second kappa shape index (κ2) is 16.9. The van der Waals surface area contributed by atoms with Gasteiger partial charge in [-0.05, 0) is 30.3 Å². The van der Waals surface area contributed by atoms with Gasteiger partial charge in [0.2, 0.25) is 0 Å². The van der Waals surface area contributed by atoms with Crippen molar-refractivity contribution >= 4 is 170 Å². The molecule has 18 rings (SSSR count). The molecule has 0 radical (unpaired) electrons. The molecule has 0 saturated carbocycles. The summed E-state index contributed by atoms with van der Waals surface area (Å²) in [4.78, 5) is 10.4. The van der Waals surface area contributed by atoms with Crippen LogP contribution in [0.1, 0.15) is 0 Å². The molecule has 0 aliphatic carbocycles. The van der Waals surface area contributed by atoms with Crippen LogP contribution in [0.3, 0.4) is 0 Å². The second-order valence-corrected chi connectivity index (χ2v) is 23.8. The number of anilines is 12. The Bertz CT molecular complexity index is 4870. The summed E-state index contributed by atoms with van der Waals surface area (Å²) in [6.07, 6.45) is 0. The molecule has 0 saturated heterocycles. The fourth-order valence-corrected chi connectivity index (χ4v) is 16.8. The monoisotopic (exact) mass is 1080 g/mol. The maximum absolute atomic E-state index is 2.66. The zero-order chi connectivity index (χ0) is 52.2. The first-order valence-corrected chi connectivity index (χ1v) is 29.4. The minimum atomic E-state index is -0.125. The summed E-state index contributed by atoms with van der Waals surface area (Å²) in [6.45, 7) is -0.209. The Morgan fingerprint density at radius 2 is 0.688 bits per heavy atom. The number of aromatic nitrogens is 1. The number of para-hydroxylation sites is 8. The predicted molar refractivity (Wildman–Crippen MR) is 341 cm³/mol. The molecule has 2 aromatic heterocycles. The summed E-state index contributed by atoms with van der Waals surface area (Å²) in [6, 6.07) is 102. The van der Waals surface area contributed by atoms with Gasteiger partial charge in [-0.2, -0.15) is 0 Å². The molecule has 0 atom stereocenters. The second-order valence-electron chi connectivity index (χ2n) is 21.5. The Labute approximate surface area is 470 Å². The zero-order valence-corrected chi connectivity index (χ0v) is 45.0. The van der Waals surface area contributed by atoms with E-state index in [0.29, 0.717) is 0 Å². The molecule has 0 amide bonds. The van der Waals surface area contributed by atoms with Crippen LogP contribution in [0.2, 0.25) is 0 Å². The van der Waals surface area contributed by atoms with Crippen molar-refractivity contribution in [3.63, 3.8) is 0 Å². The summed E-state index contributed by atoms with van der Waals surface area (Å²) < 4.78 is 5.35. The van der Waals surface area contributed by atoms with Crippen molar-refractivity contribution in [2.24, 2.45) is 0 Å². The number of nitrogens with zero attached hydrogens (tertiary/aromatic N) is 5. The molecule has 370 valence electrons. The van der Waals surface area contributed by atoms with Crippen LogP contribution >= 0.6 is 0 Å². The molecule has 80 heavy (non-hydrogen) atoms. The molecule has 8 heteroatoms. The Hall–Kier alpha value is -9.71. The van der Waals surface area contributed by atoms with Crippen LogP contribution < -0.4 is 52.4 Å². The van der Waals surface area contributed by atoms with Crippen LogP contribution in [0.25, 0.3) is 46.8 Å². The van der Waals surface area contributed by atoms with Crippen molar-refractivity contribution in [1.82, 2.24) is 4.57 Å². The minimum absolute atomic E-state index is 0.0843. The van der Waals surface area contributed by atoms with Gasteiger partial charge in [0.15, 0.2) is 0 Å². The number of benzene rings is 12. The summed E-state index contributed by atoms with van der Waals surface area (Å²) in [7, 11) is 0. The first-order chi connectivity index (χ1) is 39.8. The van der Waals surface area contributed by atoms with Crippen LogP contribution in [0.4, 0.5) is 68.2 Å². The normalized spacial score (nSPS) is 13.6. The summed E-state index contributed by atoms with van der Waals surface area (Å²) in [5.74, 6) is 0. The van der Waals surface area contributed by atoms with Gasteiger partial charge in [-0.15, -0.1) is 0 Å². The average molecular weight is 1080 g/mol. The molecular formula is C72H45B2N5Se. The van der Waals surface area contributed by atoms with Crippen LogP contribution in [0, 0.1) is 0 Å².